The van der Waals surface area contributed by atoms with Crippen molar-refractivity contribution in [2.75, 3.05) is 6.54 Å². The minimum absolute atomic E-state index is 0.0964. The number of amides is 1. The SMILES string of the molecule is CCC(C)NC(=O)C(C)N(CCC(N)=S)C1CC1. The van der Waals surface area contributed by atoms with Crippen molar-refractivity contribution in [2.45, 2.75) is 64.6 Å². The van der Waals surface area contributed by atoms with Gasteiger partial charge in [0.1, 0.15) is 0 Å². The summed E-state index contributed by atoms with van der Waals surface area (Å²) in [5, 5.41) is 3.04. The van der Waals surface area contributed by atoms with Gasteiger partial charge in [-0.05, 0) is 33.1 Å². The summed E-state index contributed by atoms with van der Waals surface area (Å²) < 4.78 is 0. The lowest BCUT2D eigenvalue weighted by atomic mass is 10.2. The minimum atomic E-state index is -0.0964. The van der Waals surface area contributed by atoms with Crippen LogP contribution in [0, 0.1) is 0 Å². The molecular formula is C13H25N3OS. The van der Waals surface area contributed by atoms with Crippen molar-refractivity contribution in [3.8, 4) is 0 Å². The summed E-state index contributed by atoms with van der Waals surface area (Å²) in [7, 11) is 0. The quantitative estimate of drug-likeness (QED) is 0.656. The van der Waals surface area contributed by atoms with E-state index in [0.29, 0.717) is 17.5 Å². The number of hydrogen-bond donors (Lipinski definition) is 2. The van der Waals surface area contributed by atoms with Gasteiger partial charge in [0, 0.05) is 25.0 Å². The average molecular weight is 271 g/mol. The molecule has 0 radical (unpaired) electrons. The van der Waals surface area contributed by atoms with E-state index in [2.05, 4.69) is 17.1 Å². The van der Waals surface area contributed by atoms with Gasteiger partial charge in [-0.3, -0.25) is 9.69 Å². The highest BCUT2D eigenvalue weighted by Gasteiger charge is 2.34. The summed E-state index contributed by atoms with van der Waals surface area (Å²) in [4.78, 5) is 14.9. The Balaban J connectivity index is 2.50. The van der Waals surface area contributed by atoms with Crippen LogP contribution < -0.4 is 11.1 Å². The number of carbonyl (C=O) groups excluding carboxylic acids is 1. The molecule has 1 aliphatic rings. The van der Waals surface area contributed by atoms with Crippen LogP contribution in [0.25, 0.3) is 0 Å². The van der Waals surface area contributed by atoms with E-state index in [1.165, 1.54) is 12.8 Å². The van der Waals surface area contributed by atoms with Crippen LogP contribution in [0.5, 0.6) is 0 Å². The number of nitrogens with zero attached hydrogens (tertiary/aromatic N) is 1. The van der Waals surface area contributed by atoms with Crippen LogP contribution >= 0.6 is 12.2 Å². The van der Waals surface area contributed by atoms with Crippen molar-refractivity contribution in [1.82, 2.24) is 10.2 Å². The molecule has 0 heterocycles. The molecule has 3 N–H and O–H groups in total. The van der Waals surface area contributed by atoms with Gasteiger partial charge in [0.25, 0.3) is 0 Å². The van der Waals surface area contributed by atoms with Crippen molar-refractivity contribution in [3.63, 3.8) is 0 Å². The standard InChI is InChI=1S/C13H25N3OS/c1-4-9(2)15-13(17)10(3)16(11-5-6-11)8-7-12(14)18/h9-11H,4-8H2,1-3H3,(H2,14,18)(H,15,17). The molecule has 104 valence electrons. The van der Waals surface area contributed by atoms with E-state index in [0.717, 1.165) is 13.0 Å². The highest BCUT2D eigenvalue weighted by Crippen LogP contribution is 2.28. The summed E-state index contributed by atoms with van der Waals surface area (Å²) in [6.45, 7) is 6.85. The predicted molar refractivity (Wildman–Crippen MR) is 78.5 cm³/mol. The Hall–Kier alpha value is -0.680. The average Bonchev–Trinajstić information content (AvgIpc) is 3.12. The van der Waals surface area contributed by atoms with Crippen LogP contribution in [0.3, 0.4) is 0 Å². The van der Waals surface area contributed by atoms with Crippen LogP contribution in [-0.4, -0.2) is 40.5 Å². The van der Waals surface area contributed by atoms with Gasteiger partial charge >= 0.3 is 0 Å². The highest BCUT2D eigenvalue weighted by atomic mass is 32.1. The lowest BCUT2D eigenvalue weighted by Crippen LogP contribution is -2.49. The molecule has 18 heavy (non-hydrogen) atoms. The van der Waals surface area contributed by atoms with Crippen LogP contribution in [0.2, 0.25) is 0 Å². The number of hydrogen-bond acceptors (Lipinski definition) is 3. The van der Waals surface area contributed by atoms with E-state index in [4.69, 9.17) is 18.0 Å². The molecule has 1 saturated carbocycles. The number of nitrogens with one attached hydrogen (secondary N) is 1. The fourth-order valence-electron chi connectivity index (χ4n) is 1.95. The van der Waals surface area contributed by atoms with E-state index in [-0.39, 0.29) is 18.0 Å². The monoisotopic (exact) mass is 271 g/mol. The Morgan fingerprint density at radius 2 is 2.11 bits per heavy atom. The van der Waals surface area contributed by atoms with Gasteiger partial charge in [-0.25, -0.2) is 0 Å². The van der Waals surface area contributed by atoms with Crippen molar-refractivity contribution in [3.05, 3.63) is 0 Å². The van der Waals surface area contributed by atoms with Gasteiger partial charge in [-0.2, -0.15) is 0 Å². The molecule has 0 aromatic heterocycles. The summed E-state index contributed by atoms with van der Waals surface area (Å²) >= 11 is 4.91. The highest BCUT2D eigenvalue weighted by molar-refractivity contribution is 7.80. The van der Waals surface area contributed by atoms with Crippen LogP contribution in [0.4, 0.5) is 0 Å². The molecule has 0 aromatic rings. The third-order valence-electron chi connectivity index (χ3n) is 3.51. The van der Waals surface area contributed by atoms with Gasteiger partial charge in [0.2, 0.25) is 5.91 Å². The summed E-state index contributed by atoms with van der Waals surface area (Å²) in [5.41, 5.74) is 5.54. The predicted octanol–water partition coefficient (Wildman–Crippen LogP) is 1.43. The maximum absolute atomic E-state index is 12.1. The zero-order valence-corrected chi connectivity index (χ0v) is 12.4. The summed E-state index contributed by atoms with van der Waals surface area (Å²) in [6, 6.07) is 0.675. The Kier molecular flexibility index (Phi) is 6.02. The van der Waals surface area contributed by atoms with Crippen molar-refractivity contribution in [1.29, 1.82) is 0 Å². The molecule has 0 spiro atoms. The molecule has 5 heteroatoms. The van der Waals surface area contributed by atoms with E-state index in [1.54, 1.807) is 0 Å². The second-order valence-corrected chi connectivity index (χ2v) is 5.70. The first-order valence-corrected chi connectivity index (χ1v) is 7.21. The number of nitrogens with two attached hydrogens (primary N) is 1. The minimum Gasteiger partial charge on any atom is -0.393 e. The van der Waals surface area contributed by atoms with Crippen molar-refractivity contribution in [2.24, 2.45) is 5.73 Å². The maximum Gasteiger partial charge on any atom is 0.237 e. The van der Waals surface area contributed by atoms with E-state index < -0.39 is 0 Å². The third kappa shape index (κ3) is 4.90. The second kappa shape index (κ2) is 7.04. The molecule has 4 nitrogen and oxygen atoms in total. The first kappa shape index (κ1) is 15.4. The molecule has 1 rings (SSSR count). The second-order valence-electron chi connectivity index (χ2n) is 5.18. The smallest absolute Gasteiger partial charge is 0.237 e. The lowest BCUT2D eigenvalue weighted by molar-refractivity contribution is -0.126. The first-order chi connectivity index (χ1) is 8.45. The molecule has 2 atom stereocenters. The molecule has 0 aliphatic heterocycles. The zero-order chi connectivity index (χ0) is 13.7. The lowest BCUT2D eigenvalue weighted by Gasteiger charge is -2.29. The van der Waals surface area contributed by atoms with Crippen LogP contribution in [0.1, 0.15) is 46.5 Å². The number of rotatable bonds is 8. The molecule has 2 unspecified atom stereocenters. The largest absolute Gasteiger partial charge is 0.393 e. The van der Waals surface area contributed by atoms with Crippen LogP contribution in [-0.2, 0) is 4.79 Å². The molecule has 0 saturated heterocycles. The molecule has 1 amide bonds. The summed E-state index contributed by atoms with van der Waals surface area (Å²) in [6.07, 6.45) is 4.00. The Bertz CT molecular complexity index is 305. The van der Waals surface area contributed by atoms with Crippen molar-refractivity contribution < 1.29 is 4.79 Å². The van der Waals surface area contributed by atoms with Gasteiger partial charge in [0.05, 0.1) is 11.0 Å². The Morgan fingerprint density at radius 1 is 1.50 bits per heavy atom. The zero-order valence-electron chi connectivity index (χ0n) is 11.6. The van der Waals surface area contributed by atoms with E-state index in [1.807, 2.05) is 13.8 Å². The molecular weight excluding hydrogens is 246 g/mol. The molecule has 0 bridgehead atoms. The normalized spacial score (nSPS) is 18.4. The first-order valence-electron chi connectivity index (χ1n) is 6.80. The van der Waals surface area contributed by atoms with E-state index >= 15 is 0 Å². The number of thiocarbonyl (C=S) groups is 1. The Morgan fingerprint density at radius 3 is 2.56 bits per heavy atom. The fourth-order valence-corrected chi connectivity index (χ4v) is 2.05. The van der Waals surface area contributed by atoms with Crippen LogP contribution in [0.15, 0.2) is 0 Å². The van der Waals surface area contributed by atoms with Gasteiger partial charge in [-0.1, -0.05) is 19.1 Å². The fraction of sp³-hybridized carbons (Fsp3) is 0.846. The van der Waals surface area contributed by atoms with Crippen molar-refractivity contribution >= 4 is 23.1 Å². The molecule has 1 aliphatic carbocycles. The van der Waals surface area contributed by atoms with Gasteiger partial charge in [0.15, 0.2) is 0 Å². The maximum atomic E-state index is 12.1. The molecule has 0 aromatic carbocycles. The number of carbonyl (C=O) groups is 1. The summed E-state index contributed by atoms with van der Waals surface area (Å²) in [5.74, 6) is 0.110. The van der Waals surface area contributed by atoms with Gasteiger partial charge < -0.3 is 11.1 Å². The Labute approximate surface area is 115 Å². The topological polar surface area (TPSA) is 58.4 Å². The third-order valence-corrected chi connectivity index (χ3v) is 3.71. The van der Waals surface area contributed by atoms with Gasteiger partial charge in [-0.15, -0.1) is 0 Å². The van der Waals surface area contributed by atoms with E-state index in [9.17, 15) is 4.79 Å². The molecule has 1 fully saturated rings.